The molecule has 0 spiro atoms. The fourth-order valence-electron chi connectivity index (χ4n) is 2.18. The second kappa shape index (κ2) is 3.80. The van der Waals surface area contributed by atoms with Crippen LogP contribution in [-0.2, 0) is 4.79 Å². The van der Waals surface area contributed by atoms with E-state index in [9.17, 15) is 4.79 Å². The van der Waals surface area contributed by atoms with Crippen LogP contribution in [0.15, 0.2) is 28.7 Å². The van der Waals surface area contributed by atoms with E-state index in [4.69, 9.17) is 9.15 Å². The molecule has 0 radical (unpaired) electrons. The molecule has 0 saturated carbocycles. The number of furan rings is 1. The van der Waals surface area contributed by atoms with Crippen LogP contribution in [-0.4, -0.2) is 19.6 Å². The molecule has 3 rings (SSSR count). The molecule has 88 valence electrons. The van der Waals surface area contributed by atoms with Crippen LogP contribution in [0.5, 0.6) is 5.75 Å². The van der Waals surface area contributed by atoms with E-state index in [-0.39, 0.29) is 11.8 Å². The first-order valence-electron chi connectivity index (χ1n) is 5.60. The number of carbonyl (C=O) groups is 1. The average molecular weight is 231 g/mol. The summed E-state index contributed by atoms with van der Waals surface area (Å²) in [5.74, 6) is 1.92. The number of hydrogen-bond acceptors (Lipinski definition) is 3. The van der Waals surface area contributed by atoms with Gasteiger partial charge in [-0.2, -0.15) is 0 Å². The van der Waals surface area contributed by atoms with Crippen molar-refractivity contribution in [2.75, 3.05) is 13.7 Å². The van der Waals surface area contributed by atoms with Crippen LogP contribution >= 0.6 is 0 Å². The molecule has 1 saturated heterocycles. The molecule has 4 heteroatoms. The Labute approximate surface area is 98.6 Å². The van der Waals surface area contributed by atoms with Gasteiger partial charge in [0.15, 0.2) is 0 Å². The number of methoxy groups -OCH3 is 1. The number of ether oxygens (including phenoxy) is 1. The Hall–Kier alpha value is -1.97. The molecular formula is C13H13NO3. The number of carbonyl (C=O) groups excluding carboxylic acids is 1. The second-order valence-corrected chi connectivity index (χ2v) is 4.26. The molecule has 1 fully saturated rings. The van der Waals surface area contributed by atoms with Gasteiger partial charge in [0.1, 0.15) is 17.1 Å². The van der Waals surface area contributed by atoms with Crippen molar-refractivity contribution in [1.29, 1.82) is 0 Å². The largest absolute Gasteiger partial charge is 0.497 e. The summed E-state index contributed by atoms with van der Waals surface area (Å²) in [5, 5.41) is 3.82. The molecule has 1 aromatic carbocycles. The number of benzene rings is 1. The first-order valence-corrected chi connectivity index (χ1v) is 5.60. The molecule has 1 aromatic heterocycles. The maximum Gasteiger partial charge on any atom is 0.220 e. The molecule has 1 N–H and O–H groups in total. The zero-order chi connectivity index (χ0) is 11.8. The first kappa shape index (κ1) is 10.2. The molecule has 2 aromatic rings. The Morgan fingerprint density at radius 2 is 2.29 bits per heavy atom. The summed E-state index contributed by atoms with van der Waals surface area (Å²) >= 11 is 0. The fraction of sp³-hybridized carbons (Fsp3) is 0.308. The van der Waals surface area contributed by atoms with Gasteiger partial charge in [0.05, 0.1) is 7.11 Å². The molecule has 1 unspecified atom stereocenters. The van der Waals surface area contributed by atoms with Crippen molar-refractivity contribution in [3.63, 3.8) is 0 Å². The Morgan fingerprint density at radius 1 is 1.41 bits per heavy atom. The highest BCUT2D eigenvalue weighted by atomic mass is 16.5. The average Bonchev–Trinajstić information content (AvgIpc) is 2.93. The van der Waals surface area contributed by atoms with Crippen LogP contribution in [0.4, 0.5) is 0 Å². The molecule has 2 heterocycles. The van der Waals surface area contributed by atoms with Crippen molar-refractivity contribution in [3.8, 4) is 5.75 Å². The Bertz CT molecular complexity index is 573. The third-order valence-electron chi connectivity index (χ3n) is 3.12. The lowest BCUT2D eigenvalue weighted by molar-refractivity contribution is -0.119. The van der Waals surface area contributed by atoms with E-state index in [1.54, 1.807) is 7.11 Å². The zero-order valence-corrected chi connectivity index (χ0v) is 9.53. The molecule has 0 aliphatic carbocycles. The summed E-state index contributed by atoms with van der Waals surface area (Å²) in [7, 11) is 1.64. The van der Waals surface area contributed by atoms with Crippen molar-refractivity contribution >= 4 is 16.9 Å². The maximum absolute atomic E-state index is 11.2. The Morgan fingerprint density at radius 3 is 3.00 bits per heavy atom. The highest BCUT2D eigenvalue weighted by Gasteiger charge is 2.25. The van der Waals surface area contributed by atoms with Crippen LogP contribution in [0.3, 0.4) is 0 Å². The minimum absolute atomic E-state index is 0.0908. The minimum atomic E-state index is 0.0908. The summed E-state index contributed by atoms with van der Waals surface area (Å²) in [5.41, 5.74) is 0.833. The van der Waals surface area contributed by atoms with Gasteiger partial charge in [0, 0.05) is 24.3 Å². The highest BCUT2D eigenvalue weighted by Crippen LogP contribution is 2.30. The van der Waals surface area contributed by atoms with E-state index in [0.29, 0.717) is 13.0 Å². The van der Waals surface area contributed by atoms with E-state index in [0.717, 1.165) is 22.5 Å². The van der Waals surface area contributed by atoms with Crippen molar-refractivity contribution in [3.05, 3.63) is 30.0 Å². The summed E-state index contributed by atoms with van der Waals surface area (Å²) in [4.78, 5) is 11.2. The van der Waals surface area contributed by atoms with Crippen molar-refractivity contribution in [1.82, 2.24) is 5.32 Å². The van der Waals surface area contributed by atoms with Crippen molar-refractivity contribution < 1.29 is 13.9 Å². The lowest BCUT2D eigenvalue weighted by Gasteiger charge is -2.00. The van der Waals surface area contributed by atoms with E-state index in [2.05, 4.69) is 5.32 Å². The van der Waals surface area contributed by atoms with Gasteiger partial charge in [-0.05, 0) is 24.3 Å². The molecule has 1 atom stereocenters. The van der Waals surface area contributed by atoms with Gasteiger partial charge in [0.2, 0.25) is 5.91 Å². The van der Waals surface area contributed by atoms with E-state index in [1.165, 1.54) is 0 Å². The summed E-state index contributed by atoms with van der Waals surface area (Å²) in [6, 6.07) is 7.69. The number of nitrogens with one attached hydrogen (secondary N) is 1. The number of fused-ring (bicyclic) bond motifs is 1. The molecule has 0 bridgehead atoms. The Balaban J connectivity index is 1.98. The zero-order valence-electron chi connectivity index (χ0n) is 9.53. The van der Waals surface area contributed by atoms with Crippen LogP contribution in [0.2, 0.25) is 0 Å². The predicted molar refractivity (Wildman–Crippen MR) is 63.1 cm³/mol. The lowest BCUT2D eigenvalue weighted by atomic mass is 10.1. The van der Waals surface area contributed by atoms with Gasteiger partial charge in [0.25, 0.3) is 0 Å². The number of amides is 1. The number of hydrogen-bond donors (Lipinski definition) is 1. The molecule has 1 amide bonds. The van der Waals surface area contributed by atoms with E-state index >= 15 is 0 Å². The highest BCUT2D eigenvalue weighted by molar-refractivity contribution is 5.82. The lowest BCUT2D eigenvalue weighted by Crippen LogP contribution is -2.13. The second-order valence-electron chi connectivity index (χ2n) is 4.26. The van der Waals surface area contributed by atoms with Crippen LogP contribution in [0.1, 0.15) is 18.1 Å². The SMILES string of the molecule is COc1ccc2oc(C3CNC(=O)C3)cc2c1. The maximum atomic E-state index is 11.2. The molecule has 1 aliphatic heterocycles. The van der Waals surface area contributed by atoms with E-state index < -0.39 is 0 Å². The third kappa shape index (κ3) is 1.75. The van der Waals surface area contributed by atoms with Crippen LogP contribution in [0.25, 0.3) is 11.0 Å². The van der Waals surface area contributed by atoms with Crippen LogP contribution in [0, 0.1) is 0 Å². The predicted octanol–water partition coefficient (Wildman–Crippen LogP) is 2.04. The first-order chi connectivity index (χ1) is 8.26. The van der Waals surface area contributed by atoms with Gasteiger partial charge in [-0.1, -0.05) is 0 Å². The summed E-state index contributed by atoms with van der Waals surface area (Å²) < 4.78 is 10.9. The standard InChI is InChI=1S/C13H13NO3/c1-16-10-2-3-11-8(4-10)5-12(17-11)9-6-13(15)14-7-9/h2-5,9H,6-7H2,1H3,(H,14,15). The van der Waals surface area contributed by atoms with Crippen molar-refractivity contribution in [2.24, 2.45) is 0 Å². The fourth-order valence-corrected chi connectivity index (χ4v) is 2.18. The summed E-state index contributed by atoms with van der Waals surface area (Å²) in [6.45, 7) is 0.662. The molecular weight excluding hydrogens is 218 g/mol. The topological polar surface area (TPSA) is 51.5 Å². The normalized spacial score (nSPS) is 19.6. The smallest absolute Gasteiger partial charge is 0.220 e. The van der Waals surface area contributed by atoms with Gasteiger partial charge in [-0.25, -0.2) is 0 Å². The van der Waals surface area contributed by atoms with Gasteiger partial charge >= 0.3 is 0 Å². The summed E-state index contributed by atoms with van der Waals surface area (Å²) in [6.07, 6.45) is 0.511. The van der Waals surface area contributed by atoms with Gasteiger partial charge in [-0.3, -0.25) is 4.79 Å². The molecule has 4 nitrogen and oxygen atoms in total. The third-order valence-corrected chi connectivity index (χ3v) is 3.12. The van der Waals surface area contributed by atoms with Gasteiger partial charge < -0.3 is 14.5 Å². The minimum Gasteiger partial charge on any atom is -0.497 e. The van der Waals surface area contributed by atoms with Crippen molar-refractivity contribution in [2.45, 2.75) is 12.3 Å². The quantitative estimate of drug-likeness (QED) is 0.860. The van der Waals surface area contributed by atoms with Crippen LogP contribution < -0.4 is 10.1 Å². The molecule has 1 aliphatic rings. The monoisotopic (exact) mass is 231 g/mol. The Kier molecular flexibility index (Phi) is 2.28. The number of rotatable bonds is 2. The van der Waals surface area contributed by atoms with E-state index in [1.807, 2.05) is 24.3 Å². The van der Waals surface area contributed by atoms with Gasteiger partial charge in [-0.15, -0.1) is 0 Å². The molecule has 17 heavy (non-hydrogen) atoms.